The molecule has 104 valence electrons. The van der Waals surface area contributed by atoms with Gasteiger partial charge in [-0.05, 0) is 36.8 Å². The minimum absolute atomic E-state index is 0.0434. The number of amides is 1. The van der Waals surface area contributed by atoms with Gasteiger partial charge in [0.25, 0.3) is 5.91 Å². The second-order valence-corrected chi connectivity index (χ2v) is 4.72. The lowest BCUT2D eigenvalue weighted by Crippen LogP contribution is -2.12. The maximum absolute atomic E-state index is 12.2. The smallest absolute Gasteiger partial charge is 0.257 e. The van der Waals surface area contributed by atoms with Crippen LogP contribution >= 0.6 is 0 Å². The number of pyridine rings is 2. The molecule has 5 heteroatoms. The Balaban J connectivity index is 1.99. The monoisotopic (exact) mass is 279 g/mol. The van der Waals surface area contributed by atoms with Gasteiger partial charge in [-0.25, -0.2) is 0 Å². The first kappa shape index (κ1) is 13.1. The van der Waals surface area contributed by atoms with E-state index in [1.807, 2.05) is 31.2 Å². The average Bonchev–Trinajstić information content (AvgIpc) is 2.50. The van der Waals surface area contributed by atoms with Crippen LogP contribution in [0.3, 0.4) is 0 Å². The minimum atomic E-state index is -0.326. The van der Waals surface area contributed by atoms with Gasteiger partial charge < -0.3 is 10.4 Å². The zero-order valence-electron chi connectivity index (χ0n) is 11.4. The Morgan fingerprint density at radius 2 is 2.10 bits per heavy atom. The molecule has 2 aromatic heterocycles. The fourth-order valence-electron chi connectivity index (χ4n) is 2.17. The average molecular weight is 279 g/mol. The van der Waals surface area contributed by atoms with Crippen molar-refractivity contribution < 1.29 is 9.90 Å². The summed E-state index contributed by atoms with van der Waals surface area (Å²) in [4.78, 5) is 20.3. The standard InChI is InChI=1S/C16H13N3O2/c1-10-4-5-14(13-3-2-6-18-15(10)13)19-16(21)11-7-12(20)9-17-8-11/h2-9,20H,1H3,(H,19,21). The first-order valence-corrected chi connectivity index (χ1v) is 6.45. The van der Waals surface area contributed by atoms with Crippen LogP contribution in [0, 0.1) is 6.92 Å². The number of benzene rings is 1. The van der Waals surface area contributed by atoms with E-state index in [2.05, 4.69) is 15.3 Å². The summed E-state index contributed by atoms with van der Waals surface area (Å²) in [5, 5.41) is 13.1. The van der Waals surface area contributed by atoms with E-state index in [-0.39, 0.29) is 11.7 Å². The Hall–Kier alpha value is -2.95. The van der Waals surface area contributed by atoms with Crippen LogP contribution in [-0.4, -0.2) is 21.0 Å². The molecular formula is C16H13N3O2. The molecule has 2 heterocycles. The van der Waals surface area contributed by atoms with E-state index in [0.717, 1.165) is 16.5 Å². The summed E-state index contributed by atoms with van der Waals surface area (Å²) in [6.45, 7) is 1.97. The fourth-order valence-corrected chi connectivity index (χ4v) is 2.17. The highest BCUT2D eigenvalue weighted by Gasteiger charge is 2.10. The first-order chi connectivity index (χ1) is 10.1. The summed E-state index contributed by atoms with van der Waals surface area (Å²) in [5.41, 5.74) is 2.87. The SMILES string of the molecule is Cc1ccc(NC(=O)c2cncc(O)c2)c2cccnc12. The third-order valence-electron chi connectivity index (χ3n) is 3.21. The van der Waals surface area contributed by atoms with E-state index in [9.17, 15) is 9.90 Å². The lowest BCUT2D eigenvalue weighted by molar-refractivity contribution is 0.102. The molecule has 5 nitrogen and oxygen atoms in total. The number of anilines is 1. The summed E-state index contributed by atoms with van der Waals surface area (Å²) in [6, 6.07) is 8.86. The van der Waals surface area contributed by atoms with Gasteiger partial charge in [0.2, 0.25) is 0 Å². The van der Waals surface area contributed by atoms with Crippen LogP contribution in [-0.2, 0) is 0 Å². The summed E-state index contributed by atoms with van der Waals surface area (Å²) < 4.78 is 0. The van der Waals surface area contributed by atoms with Crippen molar-refractivity contribution in [2.45, 2.75) is 6.92 Å². The molecule has 2 N–H and O–H groups in total. The van der Waals surface area contributed by atoms with Gasteiger partial charge >= 0.3 is 0 Å². The molecule has 0 bridgehead atoms. The number of nitrogens with zero attached hydrogens (tertiary/aromatic N) is 2. The van der Waals surface area contributed by atoms with Crippen molar-refractivity contribution >= 4 is 22.5 Å². The highest BCUT2D eigenvalue weighted by Crippen LogP contribution is 2.25. The van der Waals surface area contributed by atoms with Gasteiger partial charge in [0.15, 0.2) is 0 Å². The normalized spacial score (nSPS) is 10.5. The number of hydrogen-bond acceptors (Lipinski definition) is 4. The number of rotatable bonds is 2. The van der Waals surface area contributed by atoms with Crippen LogP contribution in [0.15, 0.2) is 48.9 Å². The van der Waals surface area contributed by atoms with Crippen molar-refractivity contribution in [3.05, 3.63) is 60.0 Å². The van der Waals surface area contributed by atoms with Crippen LogP contribution in [0.4, 0.5) is 5.69 Å². The largest absolute Gasteiger partial charge is 0.506 e. The van der Waals surface area contributed by atoms with Gasteiger partial charge in [-0.15, -0.1) is 0 Å². The molecule has 1 aromatic carbocycles. The van der Waals surface area contributed by atoms with Crippen molar-refractivity contribution in [2.24, 2.45) is 0 Å². The molecule has 21 heavy (non-hydrogen) atoms. The molecule has 0 aliphatic rings. The number of carbonyl (C=O) groups excluding carboxylic acids is 1. The molecule has 0 saturated heterocycles. The second kappa shape index (κ2) is 5.20. The second-order valence-electron chi connectivity index (χ2n) is 4.72. The Morgan fingerprint density at radius 3 is 2.90 bits per heavy atom. The zero-order valence-corrected chi connectivity index (χ0v) is 11.4. The van der Waals surface area contributed by atoms with E-state index < -0.39 is 0 Å². The molecule has 3 rings (SSSR count). The highest BCUT2D eigenvalue weighted by atomic mass is 16.3. The molecule has 3 aromatic rings. The number of fused-ring (bicyclic) bond motifs is 1. The number of hydrogen-bond donors (Lipinski definition) is 2. The summed E-state index contributed by atoms with van der Waals surface area (Å²) in [6.07, 6.45) is 4.41. The van der Waals surface area contributed by atoms with Gasteiger partial charge in [0, 0.05) is 17.8 Å². The fraction of sp³-hybridized carbons (Fsp3) is 0.0625. The maximum Gasteiger partial charge on any atom is 0.257 e. The van der Waals surface area contributed by atoms with Crippen molar-refractivity contribution in [1.82, 2.24) is 9.97 Å². The van der Waals surface area contributed by atoms with Gasteiger partial charge in [0.05, 0.1) is 23.0 Å². The van der Waals surface area contributed by atoms with Gasteiger partial charge in [-0.1, -0.05) is 6.07 Å². The summed E-state index contributed by atoms with van der Waals surface area (Å²) in [7, 11) is 0. The molecule has 1 amide bonds. The third-order valence-corrected chi connectivity index (χ3v) is 3.21. The minimum Gasteiger partial charge on any atom is -0.506 e. The molecule has 0 radical (unpaired) electrons. The first-order valence-electron chi connectivity index (χ1n) is 6.45. The molecule has 0 saturated carbocycles. The summed E-state index contributed by atoms with van der Waals surface area (Å²) >= 11 is 0. The van der Waals surface area contributed by atoms with Crippen molar-refractivity contribution in [2.75, 3.05) is 5.32 Å². The van der Waals surface area contributed by atoms with Crippen LogP contribution in [0.2, 0.25) is 0 Å². The van der Waals surface area contributed by atoms with E-state index in [1.165, 1.54) is 18.5 Å². The van der Waals surface area contributed by atoms with Crippen LogP contribution in [0.5, 0.6) is 5.75 Å². The van der Waals surface area contributed by atoms with E-state index in [0.29, 0.717) is 11.3 Å². The van der Waals surface area contributed by atoms with Crippen LogP contribution < -0.4 is 5.32 Å². The molecule has 0 spiro atoms. The van der Waals surface area contributed by atoms with Gasteiger partial charge in [-0.3, -0.25) is 14.8 Å². The third kappa shape index (κ3) is 2.53. The van der Waals surface area contributed by atoms with E-state index >= 15 is 0 Å². The predicted octanol–water partition coefficient (Wildman–Crippen LogP) is 2.90. The molecule has 0 aliphatic carbocycles. The Kier molecular flexibility index (Phi) is 3.23. The predicted molar refractivity (Wildman–Crippen MR) is 80.3 cm³/mol. The Bertz CT molecular complexity index is 831. The number of carbonyl (C=O) groups is 1. The van der Waals surface area contributed by atoms with Gasteiger partial charge in [0.1, 0.15) is 5.75 Å². The molecular weight excluding hydrogens is 266 g/mol. The highest BCUT2D eigenvalue weighted by molar-refractivity contribution is 6.09. The number of aryl methyl sites for hydroxylation is 1. The quantitative estimate of drug-likeness (QED) is 0.756. The molecule has 0 unspecified atom stereocenters. The van der Waals surface area contributed by atoms with Crippen molar-refractivity contribution in [3.63, 3.8) is 0 Å². The van der Waals surface area contributed by atoms with E-state index in [1.54, 1.807) is 6.20 Å². The maximum atomic E-state index is 12.2. The summed E-state index contributed by atoms with van der Waals surface area (Å²) in [5.74, 6) is -0.370. The van der Waals surface area contributed by atoms with Crippen LogP contribution in [0.1, 0.15) is 15.9 Å². The van der Waals surface area contributed by atoms with E-state index in [4.69, 9.17) is 0 Å². The number of nitrogens with one attached hydrogen (secondary N) is 1. The lowest BCUT2D eigenvalue weighted by Gasteiger charge is -2.10. The topological polar surface area (TPSA) is 75.1 Å². The number of aromatic hydroxyl groups is 1. The van der Waals surface area contributed by atoms with Gasteiger partial charge in [-0.2, -0.15) is 0 Å². The Labute approximate surface area is 121 Å². The van der Waals surface area contributed by atoms with Crippen molar-refractivity contribution in [1.29, 1.82) is 0 Å². The van der Waals surface area contributed by atoms with Crippen molar-refractivity contribution in [3.8, 4) is 5.75 Å². The molecule has 0 atom stereocenters. The molecule has 0 aliphatic heterocycles. The number of aromatic nitrogens is 2. The Morgan fingerprint density at radius 1 is 1.24 bits per heavy atom. The molecule has 0 fully saturated rings. The lowest BCUT2D eigenvalue weighted by atomic mass is 10.1. The van der Waals surface area contributed by atoms with Crippen LogP contribution in [0.25, 0.3) is 10.9 Å². The zero-order chi connectivity index (χ0) is 14.8.